The summed E-state index contributed by atoms with van der Waals surface area (Å²) >= 11 is 3.33. The summed E-state index contributed by atoms with van der Waals surface area (Å²) in [7, 11) is 0. The van der Waals surface area contributed by atoms with Crippen LogP contribution in [-0.2, 0) is 9.59 Å². The number of carboxylic acids is 1. The first-order valence-electron chi connectivity index (χ1n) is 6.95. The number of benzene rings is 1. The fourth-order valence-electron chi connectivity index (χ4n) is 1.71. The molecule has 0 unspecified atom stereocenters. The molecule has 0 aromatic heterocycles. The fraction of sp³-hybridized carbons (Fsp3) is 0.467. The van der Waals surface area contributed by atoms with Crippen LogP contribution in [0.1, 0.15) is 32.1 Å². The number of aliphatic carboxylic acids is 1. The Kier molecular flexibility index (Phi) is 8.50. The van der Waals surface area contributed by atoms with Crippen LogP contribution in [0.15, 0.2) is 28.7 Å². The van der Waals surface area contributed by atoms with E-state index in [1.54, 1.807) is 12.1 Å². The molecule has 5 nitrogen and oxygen atoms in total. The van der Waals surface area contributed by atoms with Gasteiger partial charge in [-0.15, -0.1) is 0 Å². The lowest BCUT2D eigenvalue weighted by atomic mass is 10.1. The summed E-state index contributed by atoms with van der Waals surface area (Å²) in [6.45, 7) is 0.594. The monoisotopic (exact) mass is 357 g/mol. The third-order valence-electron chi connectivity index (χ3n) is 2.82. The second kappa shape index (κ2) is 10.2. The van der Waals surface area contributed by atoms with E-state index in [2.05, 4.69) is 21.2 Å². The van der Waals surface area contributed by atoms with Gasteiger partial charge in [-0.25, -0.2) is 0 Å². The van der Waals surface area contributed by atoms with Gasteiger partial charge >= 0.3 is 5.97 Å². The summed E-state index contributed by atoms with van der Waals surface area (Å²) in [5.74, 6) is -0.251. The minimum absolute atomic E-state index is 0.000641. The minimum atomic E-state index is -0.756. The first kappa shape index (κ1) is 17.5. The van der Waals surface area contributed by atoms with Crippen molar-refractivity contribution in [3.05, 3.63) is 28.7 Å². The molecule has 0 fully saturated rings. The van der Waals surface area contributed by atoms with Crippen molar-refractivity contribution < 1.29 is 19.4 Å². The van der Waals surface area contributed by atoms with Crippen LogP contribution in [-0.4, -0.2) is 30.1 Å². The zero-order chi connectivity index (χ0) is 15.5. The van der Waals surface area contributed by atoms with Gasteiger partial charge < -0.3 is 15.2 Å². The van der Waals surface area contributed by atoms with Gasteiger partial charge in [-0.2, -0.15) is 0 Å². The second-order valence-corrected chi connectivity index (χ2v) is 5.57. The van der Waals surface area contributed by atoms with E-state index in [0.29, 0.717) is 18.7 Å². The molecule has 0 heterocycles. The molecule has 0 aliphatic heterocycles. The number of hydrogen-bond acceptors (Lipinski definition) is 3. The Morgan fingerprint density at radius 3 is 2.43 bits per heavy atom. The number of rotatable bonds is 10. The maximum absolute atomic E-state index is 11.5. The van der Waals surface area contributed by atoms with Gasteiger partial charge in [0.15, 0.2) is 6.61 Å². The maximum Gasteiger partial charge on any atom is 0.303 e. The normalized spacial score (nSPS) is 10.1. The third kappa shape index (κ3) is 9.07. The zero-order valence-electron chi connectivity index (χ0n) is 11.8. The quantitative estimate of drug-likeness (QED) is 0.631. The third-order valence-corrected chi connectivity index (χ3v) is 3.35. The van der Waals surface area contributed by atoms with Gasteiger partial charge in [0.05, 0.1) is 0 Å². The number of ether oxygens (including phenoxy) is 1. The summed E-state index contributed by atoms with van der Waals surface area (Å²) in [5.41, 5.74) is 0. The van der Waals surface area contributed by atoms with Crippen molar-refractivity contribution >= 4 is 27.8 Å². The highest BCUT2D eigenvalue weighted by molar-refractivity contribution is 9.10. The minimum Gasteiger partial charge on any atom is -0.484 e. The van der Waals surface area contributed by atoms with Crippen LogP contribution in [0.4, 0.5) is 0 Å². The lowest BCUT2D eigenvalue weighted by Gasteiger charge is -2.07. The molecule has 0 spiro atoms. The van der Waals surface area contributed by atoms with Crippen LogP contribution in [0.3, 0.4) is 0 Å². The van der Waals surface area contributed by atoms with Gasteiger partial charge in [0, 0.05) is 17.4 Å². The van der Waals surface area contributed by atoms with E-state index in [1.807, 2.05) is 12.1 Å². The van der Waals surface area contributed by atoms with Crippen LogP contribution in [0, 0.1) is 0 Å². The smallest absolute Gasteiger partial charge is 0.303 e. The zero-order valence-corrected chi connectivity index (χ0v) is 13.4. The van der Waals surface area contributed by atoms with Crippen molar-refractivity contribution in [2.75, 3.05) is 13.2 Å². The molecule has 6 heteroatoms. The maximum atomic E-state index is 11.5. The lowest BCUT2D eigenvalue weighted by molar-refractivity contribution is -0.137. The van der Waals surface area contributed by atoms with Gasteiger partial charge in [-0.3, -0.25) is 9.59 Å². The van der Waals surface area contributed by atoms with Gasteiger partial charge in [0.25, 0.3) is 5.91 Å². The summed E-state index contributed by atoms with van der Waals surface area (Å²) in [6, 6.07) is 7.29. The molecule has 21 heavy (non-hydrogen) atoms. The van der Waals surface area contributed by atoms with Crippen molar-refractivity contribution in [2.45, 2.75) is 32.1 Å². The van der Waals surface area contributed by atoms with Crippen molar-refractivity contribution in [3.63, 3.8) is 0 Å². The van der Waals surface area contributed by atoms with E-state index in [-0.39, 0.29) is 18.9 Å². The van der Waals surface area contributed by atoms with Crippen LogP contribution < -0.4 is 10.1 Å². The summed E-state index contributed by atoms with van der Waals surface area (Å²) in [5, 5.41) is 11.3. The lowest BCUT2D eigenvalue weighted by Crippen LogP contribution is -2.29. The number of nitrogens with one attached hydrogen (secondary N) is 1. The Labute approximate surface area is 132 Å². The first-order chi connectivity index (χ1) is 10.1. The second-order valence-electron chi connectivity index (χ2n) is 4.65. The van der Waals surface area contributed by atoms with E-state index in [1.165, 1.54) is 0 Å². The summed E-state index contributed by atoms with van der Waals surface area (Å²) in [6.07, 6.45) is 3.55. The van der Waals surface area contributed by atoms with Crippen molar-refractivity contribution in [1.82, 2.24) is 5.32 Å². The Balaban J connectivity index is 2.01. The number of carboxylic acid groups (broad SMARTS) is 1. The number of carbonyl (C=O) groups is 2. The Hall–Kier alpha value is -1.56. The highest BCUT2D eigenvalue weighted by Crippen LogP contribution is 2.15. The van der Waals surface area contributed by atoms with Gasteiger partial charge in [-0.05, 0) is 37.1 Å². The number of carbonyl (C=O) groups excluding carboxylic acids is 1. The fourth-order valence-corrected chi connectivity index (χ4v) is 1.98. The van der Waals surface area contributed by atoms with E-state index in [4.69, 9.17) is 9.84 Å². The molecule has 0 aliphatic rings. The average molecular weight is 358 g/mol. The molecule has 0 bridgehead atoms. The molecule has 1 aromatic rings. The average Bonchev–Trinajstić information content (AvgIpc) is 2.45. The topological polar surface area (TPSA) is 75.6 Å². The van der Waals surface area contributed by atoms with E-state index in [0.717, 1.165) is 23.7 Å². The number of unbranched alkanes of at least 4 members (excludes halogenated alkanes) is 3. The first-order valence-corrected chi connectivity index (χ1v) is 7.74. The molecule has 1 aromatic carbocycles. The molecule has 0 radical (unpaired) electrons. The Morgan fingerprint density at radius 1 is 1.10 bits per heavy atom. The SMILES string of the molecule is O=C(O)CCCCCCNC(=O)COc1ccc(Br)cc1. The molecule has 0 atom stereocenters. The molecule has 1 rings (SSSR count). The molecule has 2 N–H and O–H groups in total. The van der Waals surface area contributed by atoms with Crippen LogP contribution in [0.2, 0.25) is 0 Å². The standard InChI is InChI=1S/C15H20BrNO4/c16-12-6-8-13(9-7-12)21-11-14(18)17-10-4-2-1-3-5-15(19)20/h6-9H,1-5,10-11H2,(H,17,18)(H,19,20). The van der Waals surface area contributed by atoms with Crippen molar-refractivity contribution in [2.24, 2.45) is 0 Å². The highest BCUT2D eigenvalue weighted by Gasteiger charge is 2.02. The molecule has 0 saturated heterocycles. The highest BCUT2D eigenvalue weighted by atomic mass is 79.9. The molecular weight excluding hydrogens is 338 g/mol. The van der Waals surface area contributed by atoms with E-state index >= 15 is 0 Å². The summed E-state index contributed by atoms with van der Waals surface area (Å²) < 4.78 is 6.31. The van der Waals surface area contributed by atoms with Crippen molar-refractivity contribution in [1.29, 1.82) is 0 Å². The molecular formula is C15H20BrNO4. The molecule has 116 valence electrons. The molecule has 1 amide bonds. The van der Waals surface area contributed by atoms with Crippen LogP contribution in [0.25, 0.3) is 0 Å². The van der Waals surface area contributed by atoms with Gasteiger partial charge in [0.1, 0.15) is 5.75 Å². The molecule has 0 saturated carbocycles. The summed E-state index contributed by atoms with van der Waals surface area (Å²) in [4.78, 5) is 21.8. The predicted octanol–water partition coefficient (Wildman–Crippen LogP) is 2.98. The number of halogens is 1. The molecule has 0 aliphatic carbocycles. The van der Waals surface area contributed by atoms with Crippen LogP contribution >= 0.6 is 15.9 Å². The Morgan fingerprint density at radius 2 is 1.76 bits per heavy atom. The van der Waals surface area contributed by atoms with E-state index < -0.39 is 5.97 Å². The Bertz CT molecular complexity index is 447. The van der Waals surface area contributed by atoms with Gasteiger partial charge in [0.2, 0.25) is 0 Å². The van der Waals surface area contributed by atoms with Crippen LogP contribution in [0.5, 0.6) is 5.75 Å². The largest absolute Gasteiger partial charge is 0.484 e. The predicted molar refractivity (Wildman–Crippen MR) is 83.4 cm³/mol. The van der Waals surface area contributed by atoms with Gasteiger partial charge in [-0.1, -0.05) is 28.8 Å². The van der Waals surface area contributed by atoms with E-state index in [9.17, 15) is 9.59 Å². The number of hydrogen-bond donors (Lipinski definition) is 2. The number of amides is 1. The van der Waals surface area contributed by atoms with Crippen molar-refractivity contribution in [3.8, 4) is 5.75 Å².